The van der Waals surface area contributed by atoms with Gasteiger partial charge in [-0.1, -0.05) is 0 Å². The van der Waals surface area contributed by atoms with Gasteiger partial charge in [0, 0.05) is 6.42 Å². The minimum atomic E-state index is -1.69. The molecule has 0 aromatic heterocycles. The maximum atomic E-state index is 12.4. The molecule has 10 N–H and O–H groups in total. The first-order valence-electron chi connectivity index (χ1n) is 8.45. The predicted molar refractivity (Wildman–Crippen MR) is 94.1 cm³/mol. The Morgan fingerprint density at radius 1 is 0.862 bits per heavy atom. The van der Waals surface area contributed by atoms with Crippen molar-refractivity contribution in [3.05, 3.63) is 0 Å². The summed E-state index contributed by atoms with van der Waals surface area (Å²) < 4.78 is 0. The first-order valence-corrected chi connectivity index (χ1v) is 8.45. The first-order chi connectivity index (χ1) is 13.4. The standard InChI is InChI=1S/C15H26N4O10/c1-6(22)11(19-12(25)7(16)4-20)14(27)17-8(2-3-10(23)24)13(26)18-9(5-21)15(28)29/h6-9,11,20-22H,2-5,16H2,1H3,(H,17,27)(H,18,26)(H,19,25)(H,23,24)(H,28,29). The van der Waals surface area contributed by atoms with Gasteiger partial charge in [-0.05, 0) is 13.3 Å². The summed E-state index contributed by atoms with van der Waals surface area (Å²) >= 11 is 0. The van der Waals surface area contributed by atoms with Crippen LogP contribution in [0.2, 0.25) is 0 Å². The number of carboxylic acid groups (broad SMARTS) is 2. The molecule has 0 rings (SSSR count). The summed E-state index contributed by atoms with van der Waals surface area (Å²) in [5.41, 5.74) is 5.31. The van der Waals surface area contributed by atoms with E-state index >= 15 is 0 Å². The molecule has 0 aliphatic carbocycles. The largest absolute Gasteiger partial charge is 0.481 e. The third-order valence-electron chi connectivity index (χ3n) is 3.67. The second-order valence-electron chi connectivity index (χ2n) is 6.09. The number of aliphatic carboxylic acids is 2. The highest BCUT2D eigenvalue weighted by Gasteiger charge is 2.32. The molecule has 0 aliphatic heterocycles. The van der Waals surface area contributed by atoms with Gasteiger partial charge in [-0.3, -0.25) is 19.2 Å². The molecule has 5 unspecified atom stereocenters. The third kappa shape index (κ3) is 9.29. The average Bonchev–Trinajstić information content (AvgIpc) is 2.65. The number of amides is 3. The van der Waals surface area contributed by atoms with Gasteiger partial charge in [0.2, 0.25) is 17.7 Å². The molecule has 0 spiro atoms. The smallest absolute Gasteiger partial charge is 0.328 e. The molecular formula is C15H26N4O10. The molecule has 0 radical (unpaired) electrons. The summed E-state index contributed by atoms with van der Waals surface area (Å²) in [5, 5.41) is 51.3. The normalized spacial score (nSPS) is 15.9. The van der Waals surface area contributed by atoms with Gasteiger partial charge in [0.05, 0.1) is 19.3 Å². The van der Waals surface area contributed by atoms with Crippen LogP contribution in [0.25, 0.3) is 0 Å². The number of carbonyl (C=O) groups excluding carboxylic acids is 3. The second kappa shape index (κ2) is 12.6. The highest BCUT2D eigenvalue weighted by atomic mass is 16.4. The minimum Gasteiger partial charge on any atom is -0.481 e. The number of hydrogen-bond acceptors (Lipinski definition) is 9. The molecule has 14 nitrogen and oxygen atoms in total. The zero-order chi connectivity index (χ0) is 22.7. The fourth-order valence-corrected chi connectivity index (χ4v) is 2.00. The van der Waals surface area contributed by atoms with Crippen molar-refractivity contribution in [2.24, 2.45) is 5.73 Å². The van der Waals surface area contributed by atoms with E-state index in [1.54, 1.807) is 0 Å². The summed E-state index contributed by atoms with van der Waals surface area (Å²) in [6.07, 6.45) is -2.48. The summed E-state index contributed by atoms with van der Waals surface area (Å²) in [6, 6.07) is -6.22. The number of aliphatic hydroxyl groups excluding tert-OH is 3. The van der Waals surface area contributed by atoms with E-state index < -0.39 is 86.0 Å². The van der Waals surface area contributed by atoms with Crippen molar-refractivity contribution in [2.75, 3.05) is 13.2 Å². The molecule has 0 aromatic carbocycles. The summed E-state index contributed by atoms with van der Waals surface area (Å²) in [6.45, 7) is -0.541. The van der Waals surface area contributed by atoms with Crippen LogP contribution in [0.3, 0.4) is 0 Å². The van der Waals surface area contributed by atoms with Gasteiger partial charge in [-0.25, -0.2) is 4.79 Å². The summed E-state index contributed by atoms with van der Waals surface area (Å²) in [7, 11) is 0. The lowest BCUT2D eigenvalue weighted by atomic mass is 10.1. The lowest BCUT2D eigenvalue weighted by molar-refractivity contribution is -0.144. The van der Waals surface area contributed by atoms with Crippen molar-refractivity contribution >= 4 is 29.7 Å². The molecule has 0 bridgehead atoms. The first kappa shape index (κ1) is 26.2. The van der Waals surface area contributed by atoms with Gasteiger partial charge in [-0.15, -0.1) is 0 Å². The van der Waals surface area contributed by atoms with E-state index in [1.807, 2.05) is 5.32 Å². The fourth-order valence-electron chi connectivity index (χ4n) is 2.00. The highest BCUT2D eigenvalue weighted by molar-refractivity contribution is 5.94. The molecule has 0 aromatic rings. The Hall–Kier alpha value is -2.81. The van der Waals surface area contributed by atoms with Crippen molar-refractivity contribution < 1.29 is 49.5 Å². The molecule has 0 saturated carbocycles. The van der Waals surface area contributed by atoms with Gasteiger partial charge < -0.3 is 47.2 Å². The molecule has 0 saturated heterocycles. The molecule has 166 valence electrons. The van der Waals surface area contributed by atoms with Crippen LogP contribution in [0.1, 0.15) is 19.8 Å². The van der Waals surface area contributed by atoms with E-state index in [2.05, 4.69) is 10.6 Å². The van der Waals surface area contributed by atoms with E-state index in [1.165, 1.54) is 0 Å². The number of aliphatic hydroxyl groups is 3. The molecular weight excluding hydrogens is 396 g/mol. The SMILES string of the molecule is CC(O)C(NC(=O)C(N)CO)C(=O)NC(CCC(=O)O)C(=O)NC(CO)C(=O)O. The number of carboxylic acids is 2. The van der Waals surface area contributed by atoms with Gasteiger partial charge in [0.15, 0.2) is 0 Å². The van der Waals surface area contributed by atoms with Gasteiger partial charge in [0.25, 0.3) is 0 Å². The predicted octanol–water partition coefficient (Wildman–Crippen LogP) is -4.92. The van der Waals surface area contributed by atoms with Crippen molar-refractivity contribution in [2.45, 2.75) is 50.0 Å². The van der Waals surface area contributed by atoms with Crippen molar-refractivity contribution in [1.29, 1.82) is 0 Å². The van der Waals surface area contributed by atoms with Crippen molar-refractivity contribution in [3.63, 3.8) is 0 Å². The number of nitrogens with one attached hydrogen (secondary N) is 3. The Labute approximate surface area is 165 Å². The molecule has 0 fully saturated rings. The second-order valence-corrected chi connectivity index (χ2v) is 6.09. The van der Waals surface area contributed by atoms with Crippen LogP contribution in [0, 0.1) is 0 Å². The molecule has 29 heavy (non-hydrogen) atoms. The van der Waals surface area contributed by atoms with Crippen LogP contribution < -0.4 is 21.7 Å². The minimum absolute atomic E-state index is 0.443. The average molecular weight is 422 g/mol. The Morgan fingerprint density at radius 2 is 1.41 bits per heavy atom. The molecule has 0 heterocycles. The fraction of sp³-hybridized carbons (Fsp3) is 0.667. The van der Waals surface area contributed by atoms with Gasteiger partial charge in [-0.2, -0.15) is 0 Å². The Kier molecular flexibility index (Phi) is 11.4. The highest BCUT2D eigenvalue weighted by Crippen LogP contribution is 2.03. The maximum absolute atomic E-state index is 12.4. The summed E-state index contributed by atoms with van der Waals surface area (Å²) in [5.74, 6) is -6.01. The lowest BCUT2D eigenvalue weighted by Crippen LogP contribution is -2.60. The number of rotatable bonds is 13. The number of carbonyl (C=O) groups is 5. The van der Waals surface area contributed by atoms with E-state index in [0.717, 1.165) is 6.92 Å². The Bertz CT molecular complexity index is 612. The molecule has 5 atom stereocenters. The molecule has 0 aliphatic rings. The maximum Gasteiger partial charge on any atom is 0.328 e. The lowest BCUT2D eigenvalue weighted by Gasteiger charge is -2.25. The van der Waals surface area contributed by atoms with Gasteiger partial charge in [0.1, 0.15) is 24.2 Å². The monoisotopic (exact) mass is 422 g/mol. The number of nitrogens with two attached hydrogens (primary N) is 1. The van der Waals surface area contributed by atoms with E-state index in [0.29, 0.717) is 0 Å². The van der Waals surface area contributed by atoms with E-state index in [-0.39, 0.29) is 0 Å². The Morgan fingerprint density at radius 3 is 1.83 bits per heavy atom. The van der Waals surface area contributed by atoms with Crippen LogP contribution in [0.5, 0.6) is 0 Å². The van der Waals surface area contributed by atoms with Crippen LogP contribution in [-0.4, -0.2) is 98.7 Å². The quantitative estimate of drug-likeness (QED) is 0.136. The molecule has 14 heteroatoms. The Balaban J connectivity index is 5.37. The van der Waals surface area contributed by atoms with Crippen LogP contribution in [-0.2, 0) is 24.0 Å². The van der Waals surface area contributed by atoms with Gasteiger partial charge >= 0.3 is 11.9 Å². The number of hydrogen-bond donors (Lipinski definition) is 9. The van der Waals surface area contributed by atoms with Crippen LogP contribution >= 0.6 is 0 Å². The van der Waals surface area contributed by atoms with E-state index in [4.69, 9.17) is 26.2 Å². The van der Waals surface area contributed by atoms with E-state index in [9.17, 15) is 29.1 Å². The zero-order valence-corrected chi connectivity index (χ0v) is 15.6. The van der Waals surface area contributed by atoms with Crippen LogP contribution in [0.4, 0.5) is 0 Å². The molecule has 3 amide bonds. The van der Waals surface area contributed by atoms with Crippen molar-refractivity contribution in [1.82, 2.24) is 16.0 Å². The topological polar surface area (TPSA) is 249 Å². The van der Waals surface area contributed by atoms with Crippen LogP contribution in [0.15, 0.2) is 0 Å². The third-order valence-corrected chi connectivity index (χ3v) is 3.67. The van der Waals surface area contributed by atoms with Crippen molar-refractivity contribution in [3.8, 4) is 0 Å². The zero-order valence-electron chi connectivity index (χ0n) is 15.6. The summed E-state index contributed by atoms with van der Waals surface area (Å²) in [4.78, 5) is 58.1.